The first-order valence-electron chi connectivity index (χ1n) is 16.1. The minimum absolute atomic E-state index is 0.0761. The van der Waals surface area contributed by atoms with E-state index in [0.29, 0.717) is 6.61 Å². The van der Waals surface area contributed by atoms with Crippen molar-refractivity contribution in [3.8, 4) is 0 Å². The van der Waals surface area contributed by atoms with Gasteiger partial charge in [-0.2, -0.15) is 0 Å². The molecule has 2 aliphatic heterocycles. The van der Waals surface area contributed by atoms with E-state index in [0.717, 1.165) is 49.8 Å². The molecule has 2 rings (SSSR count). The lowest BCUT2D eigenvalue weighted by Crippen LogP contribution is -2.61. The van der Waals surface area contributed by atoms with Crippen LogP contribution in [0.25, 0.3) is 0 Å². The van der Waals surface area contributed by atoms with Gasteiger partial charge in [-0.15, -0.1) is 0 Å². The zero-order valence-corrected chi connectivity index (χ0v) is 26.4. The highest BCUT2D eigenvalue weighted by atomic mass is 31.2. The third-order valence-electron chi connectivity index (χ3n) is 8.41. The maximum atomic E-state index is 13.3. The number of phosphoric acid groups is 1. The van der Waals surface area contributed by atoms with Crippen LogP contribution in [-0.2, 0) is 32.4 Å². The SMILES string of the molecule is CCCCCCCCCCCCCCCCOCC(COP1(=O)OC2CCC[N+](CC)(CC)C2O1)OC(C)=O. The van der Waals surface area contributed by atoms with Gasteiger partial charge in [-0.1, -0.05) is 90.4 Å². The van der Waals surface area contributed by atoms with E-state index in [4.69, 9.17) is 23.0 Å². The highest BCUT2D eigenvalue weighted by molar-refractivity contribution is 7.48. The fourth-order valence-electron chi connectivity index (χ4n) is 5.92. The van der Waals surface area contributed by atoms with Crippen LogP contribution in [0.3, 0.4) is 0 Å². The van der Waals surface area contributed by atoms with Crippen molar-refractivity contribution in [1.29, 1.82) is 0 Å². The number of likely N-dealkylation sites (tertiary alicyclic amines) is 1. The van der Waals surface area contributed by atoms with Gasteiger partial charge in [0, 0.05) is 13.5 Å². The molecule has 0 amide bonds. The van der Waals surface area contributed by atoms with Crippen LogP contribution in [0.2, 0.25) is 0 Å². The molecule has 9 heteroatoms. The summed E-state index contributed by atoms with van der Waals surface area (Å²) in [6.45, 7) is 11.4. The molecule has 0 aromatic heterocycles. The van der Waals surface area contributed by atoms with E-state index in [1.807, 2.05) is 0 Å². The van der Waals surface area contributed by atoms with Gasteiger partial charge in [0.15, 0.2) is 0 Å². The average Bonchev–Trinajstić information content (AvgIpc) is 3.28. The molecule has 2 saturated heterocycles. The number of carbonyl (C=O) groups excluding carboxylic acids is 1. The number of unbranched alkanes of at least 4 members (excludes halogenated alkanes) is 13. The first-order chi connectivity index (χ1) is 18.9. The van der Waals surface area contributed by atoms with E-state index in [-0.39, 0.29) is 25.5 Å². The van der Waals surface area contributed by atoms with Crippen LogP contribution in [0.4, 0.5) is 0 Å². The molecule has 2 aliphatic rings. The predicted octanol–water partition coefficient (Wildman–Crippen LogP) is 7.93. The number of phosphoric ester groups is 1. The highest BCUT2D eigenvalue weighted by Gasteiger charge is 2.57. The van der Waals surface area contributed by atoms with Gasteiger partial charge in [0.05, 0.1) is 32.8 Å². The zero-order valence-electron chi connectivity index (χ0n) is 25.5. The number of likely N-dealkylation sites (N-methyl/N-ethyl adjacent to an activating group) is 1. The number of hydrogen-bond acceptors (Lipinski definition) is 7. The summed E-state index contributed by atoms with van der Waals surface area (Å²) in [5.74, 6) is -0.420. The van der Waals surface area contributed by atoms with Crippen LogP contribution in [0.1, 0.15) is 130 Å². The molecule has 0 spiro atoms. The normalized spacial score (nSPS) is 24.9. The molecule has 0 saturated carbocycles. The Morgan fingerprint density at radius 3 is 1.95 bits per heavy atom. The predicted molar refractivity (Wildman–Crippen MR) is 155 cm³/mol. The number of fused-ring (bicyclic) bond motifs is 1. The molecule has 4 atom stereocenters. The summed E-state index contributed by atoms with van der Waals surface area (Å²) in [4.78, 5) is 11.6. The minimum atomic E-state index is -3.72. The van der Waals surface area contributed by atoms with Gasteiger partial charge in [0.1, 0.15) is 12.2 Å². The zero-order chi connectivity index (χ0) is 28.4. The van der Waals surface area contributed by atoms with E-state index in [2.05, 4.69) is 20.8 Å². The molecular formula is C30H59NO7P+. The number of quaternary nitrogens is 1. The summed E-state index contributed by atoms with van der Waals surface area (Å²) < 4.78 is 42.5. The largest absolute Gasteiger partial charge is 0.480 e. The highest BCUT2D eigenvalue weighted by Crippen LogP contribution is 2.60. The van der Waals surface area contributed by atoms with Crippen molar-refractivity contribution in [2.24, 2.45) is 0 Å². The molecule has 0 aromatic rings. The Balaban J connectivity index is 1.55. The van der Waals surface area contributed by atoms with Crippen molar-refractivity contribution in [3.05, 3.63) is 0 Å². The fourth-order valence-corrected chi connectivity index (χ4v) is 7.59. The van der Waals surface area contributed by atoms with Crippen molar-refractivity contribution in [2.75, 3.05) is 39.5 Å². The fraction of sp³-hybridized carbons (Fsp3) is 0.967. The summed E-state index contributed by atoms with van der Waals surface area (Å²) in [5, 5.41) is 0. The molecule has 0 N–H and O–H groups in total. The van der Waals surface area contributed by atoms with Crippen LogP contribution in [-0.4, -0.2) is 68.3 Å². The molecule has 230 valence electrons. The molecule has 8 nitrogen and oxygen atoms in total. The summed E-state index contributed by atoms with van der Waals surface area (Å²) >= 11 is 0. The quantitative estimate of drug-likeness (QED) is 0.0529. The third kappa shape index (κ3) is 12.9. The number of ether oxygens (including phenoxy) is 2. The maximum Gasteiger partial charge on any atom is 0.480 e. The van der Waals surface area contributed by atoms with Crippen molar-refractivity contribution in [1.82, 2.24) is 0 Å². The third-order valence-corrected chi connectivity index (χ3v) is 9.88. The van der Waals surface area contributed by atoms with Gasteiger partial charge in [-0.25, -0.2) is 9.09 Å². The van der Waals surface area contributed by atoms with Crippen molar-refractivity contribution in [2.45, 2.75) is 149 Å². The minimum Gasteiger partial charge on any atom is -0.458 e. The van der Waals surface area contributed by atoms with Crippen LogP contribution in [0.5, 0.6) is 0 Å². The molecule has 39 heavy (non-hydrogen) atoms. The van der Waals surface area contributed by atoms with Crippen LogP contribution >= 0.6 is 7.82 Å². The van der Waals surface area contributed by atoms with Crippen LogP contribution in [0, 0.1) is 0 Å². The second kappa shape index (κ2) is 19.6. The summed E-state index contributed by atoms with van der Waals surface area (Å²) in [5.41, 5.74) is 0. The summed E-state index contributed by atoms with van der Waals surface area (Å²) in [6.07, 6.45) is 19.1. The number of hydrogen-bond donors (Lipinski definition) is 0. The van der Waals surface area contributed by atoms with Crippen molar-refractivity contribution >= 4 is 13.8 Å². The van der Waals surface area contributed by atoms with Crippen LogP contribution < -0.4 is 0 Å². The van der Waals surface area contributed by atoms with Crippen molar-refractivity contribution in [3.63, 3.8) is 0 Å². The molecule has 2 heterocycles. The summed E-state index contributed by atoms with van der Waals surface area (Å²) in [6, 6.07) is 0. The van der Waals surface area contributed by atoms with E-state index >= 15 is 0 Å². The molecule has 0 radical (unpaired) electrons. The first kappa shape index (κ1) is 34.7. The van der Waals surface area contributed by atoms with E-state index in [9.17, 15) is 9.36 Å². The summed E-state index contributed by atoms with van der Waals surface area (Å²) in [7, 11) is -3.72. The van der Waals surface area contributed by atoms with Crippen molar-refractivity contribution < 1.29 is 36.9 Å². The molecule has 0 bridgehead atoms. The molecule has 0 aliphatic carbocycles. The Labute approximate surface area is 239 Å². The Morgan fingerprint density at radius 2 is 1.41 bits per heavy atom. The smallest absolute Gasteiger partial charge is 0.458 e. The number of esters is 1. The lowest BCUT2D eigenvalue weighted by Gasteiger charge is -2.44. The number of carbonyl (C=O) groups is 1. The second-order valence-electron chi connectivity index (χ2n) is 11.5. The Hall–Kier alpha value is -0.500. The number of rotatable bonds is 23. The molecular weight excluding hydrogens is 517 g/mol. The number of piperidine rings is 1. The Kier molecular flexibility index (Phi) is 17.4. The van der Waals surface area contributed by atoms with E-state index in [1.54, 1.807) is 0 Å². The van der Waals surface area contributed by atoms with E-state index < -0.39 is 19.9 Å². The van der Waals surface area contributed by atoms with Gasteiger partial charge in [0.2, 0.25) is 6.23 Å². The van der Waals surface area contributed by atoms with Gasteiger partial charge in [0.25, 0.3) is 0 Å². The van der Waals surface area contributed by atoms with Gasteiger partial charge in [-0.05, 0) is 33.1 Å². The average molecular weight is 577 g/mol. The Bertz CT molecular complexity index is 703. The second-order valence-corrected chi connectivity index (χ2v) is 13.1. The standard InChI is InChI=1S/C30H59NO7P/c1-5-8-9-10-11-12-13-14-15-16-17-18-19-20-24-34-25-28(36-27(4)32)26-35-39(33)37-29-22-21-23-31(6-2,7-3)30(29)38-39/h28-30H,5-26H2,1-4H3/q+1. The monoisotopic (exact) mass is 576 g/mol. The van der Waals surface area contributed by atoms with E-state index in [1.165, 1.54) is 84.0 Å². The first-order valence-corrected chi connectivity index (χ1v) is 17.6. The van der Waals surface area contributed by atoms with Gasteiger partial charge in [-0.3, -0.25) is 18.3 Å². The maximum absolute atomic E-state index is 13.3. The van der Waals surface area contributed by atoms with Gasteiger partial charge >= 0.3 is 13.8 Å². The lowest BCUT2D eigenvalue weighted by atomic mass is 10.0. The van der Waals surface area contributed by atoms with Crippen LogP contribution in [0.15, 0.2) is 0 Å². The topological polar surface area (TPSA) is 80.3 Å². The lowest BCUT2D eigenvalue weighted by molar-refractivity contribution is -0.971. The molecule has 0 aromatic carbocycles. The Morgan fingerprint density at radius 1 is 0.846 bits per heavy atom. The molecule has 2 fully saturated rings. The van der Waals surface area contributed by atoms with Gasteiger partial charge < -0.3 is 9.47 Å². The molecule has 4 unspecified atom stereocenters. The number of nitrogens with zero attached hydrogens (tertiary/aromatic N) is 1.